The molecule has 19 heavy (non-hydrogen) atoms. The number of carbonyl (C=O) groups is 2. The number of hydrogen-bond donors (Lipinski definition) is 1. The molecule has 2 saturated heterocycles. The Morgan fingerprint density at radius 3 is 2.84 bits per heavy atom. The Balaban J connectivity index is 1.84. The van der Waals surface area contributed by atoms with Crippen LogP contribution in [0, 0.1) is 0 Å². The Morgan fingerprint density at radius 1 is 1.42 bits per heavy atom. The summed E-state index contributed by atoms with van der Waals surface area (Å²) < 4.78 is 0. The largest absolute Gasteiger partial charge is 0.304 e. The molecule has 2 heterocycles. The maximum atomic E-state index is 12.2. The predicted octanol–water partition coefficient (Wildman–Crippen LogP) is 1.35. The molecule has 0 aliphatic carbocycles. The summed E-state index contributed by atoms with van der Waals surface area (Å²) in [7, 11) is 0. The average molecular weight is 302 g/mol. The standard InChI is InChI=1S/C13H22N2O2S2/c1-3-9(2)15-12(16)6-11(13(15)17)14-7-10-8-18-4-5-19-10/h9-11,14H,3-8H2,1-2H3. The number of imide groups is 1. The topological polar surface area (TPSA) is 49.4 Å². The van der Waals surface area contributed by atoms with Crippen LogP contribution in [0.5, 0.6) is 0 Å². The lowest BCUT2D eigenvalue weighted by atomic mass is 10.2. The summed E-state index contributed by atoms with van der Waals surface area (Å²) in [6, 6.07) is -0.277. The fraction of sp³-hybridized carbons (Fsp3) is 0.846. The van der Waals surface area contributed by atoms with E-state index in [4.69, 9.17) is 0 Å². The second kappa shape index (κ2) is 6.99. The van der Waals surface area contributed by atoms with Gasteiger partial charge in [-0.05, 0) is 13.3 Å². The zero-order chi connectivity index (χ0) is 13.8. The van der Waals surface area contributed by atoms with Gasteiger partial charge in [0.25, 0.3) is 0 Å². The molecule has 3 unspecified atom stereocenters. The lowest BCUT2D eigenvalue weighted by molar-refractivity contribution is -0.141. The number of nitrogens with zero attached hydrogens (tertiary/aromatic N) is 1. The van der Waals surface area contributed by atoms with Crippen LogP contribution < -0.4 is 5.32 Å². The van der Waals surface area contributed by atoms with Crippen molar-refractivity contribution < 1.29 is 9.59 Å². The molecule has 0 aromatic carbocycles. The van der Waals surface area contributed by atoms with Crippen LogP contribution in [-0.4, -0.2) is 57.9 Å². The van der Waals surface area contributed by atoms with Gasteiger partial charge in [0.1, 0.15) is 0 Å². The number of hydrogen-bond acceptors (Lipinski definition) is 5. The molecule has 0 saturated carbocycles. The van der Waals surface area contributed by atoms with Crippen molar-refractivity contribution in [2.75, 3.05) is 23.8 Å². The molecule has 4 nitrogen and oxygen atoms in total. The number of rotatable bonds is 5. The van der Waals surface area contributed by atoms with Gasteiger partial charge in [-0.2, -0.15) is 23.5 Å². The predicted molar refractivity (Wildman–Crippen MR) is 81.6 cm³/mol. The first-order chi connectivity index (χ1) is 9.13. The summed E-state index contributed by atoms with van der Waals surface area (Å²) in [5.41, 5.74) is 0. The first-order valence-corrected chi connectivity index (χ1v) is 9.12. The Morgan fingerprint density at radius 2 is 2.21 bits per heavy atom. The van der Waals surface area contributed by atoms with Crippen LogP contribution in [0.4, 0.5) is 0 Å². The second-order valence-electron chi connectivity index (χ2n) is 5.09. The fourth-order valence-corrected chi connectivity index (χ4v) is 5.01. The fourth-order valence-electron chi connectivity index (χ4n) is 2.38. The summed E-state index contributed by atoms with van der Waals surface area (Å²) in [5, 5.41) is 3.86. The molecule has 1 N–H and O–H groups in total. The molecule has 2 rings (SSSR count). The lowest BCUT2D eigenvalue weighted by Gasteiger charge is -2.24. The lowest BCUT2D eigenvalue weighted by Crippen LogP contribution is -2.44. The van der Waals surface area contributed by atoms with Crippen molar-refractivity contribution >= 4 is 35.3 Å². The summed E-state index contributed by atoms with van der Waals surface area (Å²) in [6.07, 6.45) is 1.15. The van der Waals surface area contributed by atoms with E-state index in [9.17, 15) is 9.59 Å². The molecule has 2 aliphatic heterocycles. The Labute approximate surface area is 123 Å². The molecular weight excluding hydrogens is 280 g/mol. The van der Waals surface area contributed by atoms with Gasteiger partial charge in [-0.1, -0.05) is 6.92 Å². The Hall–Kier alpha value is -0.200. The van der Waals surface area contributed by atoms with E-state index in [1.54, 1.807) is 0 Å². The molecule has 108 valence electrons. The quantitative estimate of drug-likeness (QED) is 0.777. The summed E-state index contributed by atoms with van der Waals surface area (Å²) in [6.45, 7) is 4.77. The Bertz CT molecular complexity index is 346. The number of amides is 2. The molecule has 0 aromatic heterocycles. The second-order valence-corrected chi connectivity index (χ2v) is 7.65. The molecule has 0 bridgehead atoms. The molecule has 6 heteroatoms. The minimum atomic E-state index is -0.297. The molecule has 2 fully saturated rings. The van der Waals surface area contributed by atoms with Gasteiger partial charge in [-0.25, -0.2) is 0 Å². The number of nitrogens with one attached hydrogen (secondary N) is 1. The van der Waals surface area contributed by atoms with E-state index < -0.39 is 0 Å². The molecular formula is C13H22N2O2S2. The zero-order valence-electron chi connectivity index (χ0n) is 11.6. The van der Waals surface area contributed by atoms with Crippen LogP contribution >= 0.6 is 23.5 Å². The average Bonchev–Trinajstić information content (AvgIpc) is 2.71. The van der Waals surface area contributed by atoms with Gasteiger partial charge >= 0.3 is 0 Å². The van der Waals surface area contributed by atoms with Crippen LogP contribution in [0.15, 0.2) is 0 Å². The van der Waals surface area contributed by atoms with E-state index in [2.05, 4.69) is 5.32 Å². The SMILES string of the molecule is CCC(C)N1C(=O)CC(NCC2CSCCS2)C1=O. The first kappa shape index (κ1) is 15.2. The van der Waals surface area contributed by atoms with Crippen LogP contribution in [-0.2, 0) is 9.59 Å². The van der Waals surface area contributed by atoms with Crippen LogP contribution in [0.2, 0.25) is 0 Å². The number of carbonyl (C=O) groups excluding carboxylic acids is 2. The van der Waals surface area contributed by atoms with E-state index in [1.807, 2.05) is 37.4 Å². The summed E-state index contributed by atoms with van der Waals surface area (Å²) in [4.78, 5) is 25.6. The van der Waals surface area contributed by atoms with Crippen molar-refractivity contribution in [3.63, 3.8) is 0 Å². The van der Waals surface area contributed by atoms with Crippen LogP contribution in [0.1, 0.15) is 26.7 Å². The zero-order valence-corrected chi connectivity index (χ0v) is 13.2. The van der Waals surface area contributed by atoms with E-state index >= 15 is 0 Å². The molecule has 0 aromatic rings. The maximum Gasteiger partial charge on any atom is 0.247 e. The van der Waals surface area contributed by atoms with Crippen molar-refractivity contribution in [1.29, 1.82) is 0 Å². The monoisotopic (exact) mass is 302 g/mol. The van der Waals surface area contributed by atoms with Crippen molar-refractivity contribution in [2.24, 2.45) is 0 Å². The highest BCUT2D eigenvalue weighted by molar-refractivity contribution is 8.06. The Kier molecular flexibility index (Phi) is 5.59. The third kappa shape index (κ3) is 3.67. The maximum absolute atomic E-state index is 12.2. The van der Waals surface area contributed by atoms with Crippen molar-refractivity contribution in [3.8, 4) is 0 Å². The van der Waals surface area contributed by atoms with Gasteiger partial charge in [0.15, 0.2) is 0 Å². The minimum Gasteiger partial charge on any atom is -0.304 e. The van der Waals surface area contributed by atoms with Crippen LogP contribution in [0.25, 0.3) is 0 Å². The van der Waals surface area contributed by atoms with Crippen molar-refractivity contribution in [2.45, 2.75) is 44.0 Å². The highest BCUT2D eigenvalue weighted by atomic mass is 32.2. The molecule has 0 radical (unpaired) electrons. The number of thioether (sulfide) groups is 2. The van der Waals surface area contributed by atoms with E-state index in [-0.39, 0.29) is 23.9 Å². The minimum absolute atomic E-state index is 0.0198. The summed E-state index contributed by atoms with van der Waals surface area (Å²) >= 11 is 3.94. The first-order valence-electron chi connectivity index (χ1n) is 6.92. The van der Waals surface area contributed by atoms with Gasteiger partial charge < -0.3 is 5.32 Å². The van der Waals surface area contributed by atoms with E-state index in [1.165, 1.54) is 16.4 Å². The summed E-state index contributed by atoms with van der Waals surface area (Å²) in [5.74, 6) is 3.49. The molecule has 2 aliphatic rings. The van der Waals surface area contributed by atoms with Gasteiger partial charge in [0.05, 0.1) is 12.5 Å². The highest BCUT2D eigenvalue weighted by Crippen LogP contribution is 2.24. The molecule has 3 atom stereocenters. The van der Waals surface area contributed by atoms with E-state index in [0.717, 1.165) is 18.7 Å². The van der Waals surface area contributed by atoms with E-state index in [0.29, 0.717) is 11.7 Å². The van der Waals surface area contributed by atoms with Gasteiger partial charge in [0, 0.05) is 35.1 Å². The van der Waals surface area contributed by atoms with Crippen molar-refractivity contribution in [1.82, 2.24) is 10.2 Å². The van der Waals surface area contributed by atoms with Gasteiger partial charge in [-0.3, -0.25) is 14.5 Å². The smallest absolute Gasteiger partial charge is 0.247 e. The third-order valence-corrected chi connectivity index (χ3v) is 6.54. The molecule has 2 amide bonds. The van der Waals surface area contributed by atoms with Crippen molar-refractivity contribution in [3.05, 3.63) is 0 Å². The third-order valence-electron chi connectivity index (χ3n) is 3.69. The molecule has 0 spiro atoms. The normalized spacial score (nSPS) is 29.9. The highest BCUT2D eigenvalue weighted by Gasteiger charge is 2.40. The van der Waals surface area contributed by atoms with Gasteiger partial charge in [-0.15, -0.1) is 0 Å². The van der Waals surface area contributed by atoms with Crippen LogP contribution in [0.3, 0.4) is 0 Å². The number of likely N-dealkylation sites (tertiary alicyclic amines) is 1. The van der Waals surface area contributed by atoms with Gasteiger partial charge in [0.2, 0.25) is 11.8 Å².